The maximum atomic E-state index is 13.1. The van der Waals surface area contributed by atoms with Gasteiger partial charge in [0.2, 0.25) is 0 Å². The molecular formula is C15H20FNO3. The summed E-state index contributed by atoms with van der Waals surface area (Å²) in [4.78, 5) is 11.9. The van der Waals surface area contributed by atoms with Crippen molar-refractivity contribution in [3.63, 3.8) is 0 Å². The molecule has 3 N–H and O–H groups in total. The molecule has 0 unspecified atom stereocenters. The second kappa shape index (κ2) is 6.22. The number of phenols is 1. The smallest absolute Gasteiger partial charge is 0.255 e. The van der Waals surface area contributed by atoms with E-state index in [4.69, 9.17) is 0 Å². The molecule has 110 valence electrons. The number of hydrogen-bond donors (Lipinski definition) is 3. The Morgan fingerprint density at radius 3 is 2.55 bits per heavy atom. The van der Waals surface area contributed by atoms with Crippen LogP contribution in [-0.2, 0) is 0 Å². The van der Waals surface area contributed by atoms with Crippen LogP contribution in [0, 0.1) is 5.82 Å². The first-order valence-corrected chi connectivity index (χ1v) is 6.99. The second-order valence-electron chi connectivity index (χ2n) is 5.48. The zero-order chi connectivity index (χ0) is 14.6. The first-order chi connectivity index (χ1) is 9.50. The van der Waals surface area contributed by atoms with Gasteiger partial charge in [-0.05, 0) is 31.0 Å². The van der Waals surface area contributed by atoms with Gasteiger partial charge in [-0.2, -0.15) is 0 Å². The van der Waals surface area contributed by atoms with E-state index >= 15 is 0 Å². The standard InChI is InChI=1S/C15H20FNO3/c16-11-5-6-13(18)12(9-11)14(19)17-10-15(20)7-3-1-2-4-8-15/h5-6,9,18,20H,1-4,7-8,10H2,(H,17,19). The Labute approximate surface area is 117 Å². The topological polar surface area (TPSA) is 69.6 Å². The summed E-state index contributed by atoms with van der Waals surface area (Å²) in [6, 6.07) is 3.22. The van der Waals surface area contributed by atoms with Gasteiger partial charge in [0.25, 0.3) is 5.91 Å². The van der Waals surface area contributed by atoms with Crippen LogP contribution in [0.1, 0.15) is 48.9 Å². The molecule has 0 saturated heterocycles. The van der Waals surface area contributed by atoms with Crippen LogP contribution in [0.4, 0.5) is 4.39 Å². The lowest BCUT2D eigenvalue weighted by molar-refractivity contribution is 0.0246. The third kappa shape index (κ3) is 3.70. The number of aromatic hydroxyl groups is 1. The van der Waals surface area contributed by atoms with Crippen LogP contribution < -0.4 is 5.32 Å². The lowest BCUT2D eigenvalue weighted by atomic mass is 9.94. The van der Waals surface area contributed by atoms with Gasteiger partial charge < -0.3 is 15.5 Å². The third-order valence-corrected chi connectivity index (χ3v) is 3.82. The van der Waals surface area contributed by atoms with Gasteiger partial charge in [-0.15, -0.1) is 0 Å². The minimum atomic E-state index is -0.894. The maximum absolute atomic E-state index is 13.1. The summed E-state index contributed by atoms with van der Waals surface area (Å²) in [5, 5.41) is 22.6. The van der Waals surface area contributed by atoms with E-state index in [-0.39, 0.29) is 17.9 Å². The minimum absolute atomic E-state index is 0.109. The van der Waals surface area contributed by atoms with E-state index < -0.39 is 17.3 Å². The summed E-state index contributed by atoms with van der Waals surface area (Å²) in [5.41, 5.74) is -1.00. The predicted molar refractivity (Wildman–Crippen MR) is 73.0 cm³/mol. The van der Waals surface area contributed by atoms with Crippen molar-refractivity contribution in [1.82, 2.24) is 5.32 Å². The van der Waals surface area contributed by atoms with E-state index in [9.17, 15) is 19.4 Å². The molecular weight excluding hydrogens is 261 g/mol. The zero-order valence-electron chi connectivity index (χ0n) is 11.4. The van der Waals surface area contributed by atoms with Crippen LogP contribution in [0.25, 0.3) is 0 Å². The number of benzene rings is 1. The average Bonchev–Trinajstić information content (AvgIpc) is 2.64. The van der Waals surface area contributed by atoms with Crippen LogP contribution >= 0.6 is 0 Å². The highest BCUT2D eigenvalue weighted by Crippen LogP contribution is 2.26. The molecule has 0 heterocycles. The van der Waals surface area contributed by atoms with Gasteiger partial charge >= 0.3 is 0 Å². The van der Waals surface area contributed by atoms with Crippen molar-refractivity contribution in [3.8, 4) is 5.75 Å². The summed E-state index contributed by atoms with van der Waals surface area (Å²) >= 11 is 0. The fraction of sp³-hybridized carbons (Fsp3) is 0.533. The van der Waals surface area contributed by atoms with Gasteiger partial charge in [-0.3, -0.25) is 4.79 Å². The van der Waals surface area contributed by atoms with Crippen molar-refractivity contribution in [2.45, 2.75) is 44.1 Å². The first kappa shape index (κ1) is 14.8. The van der Waals surface area contributed by atoms with Gasteiger partial charge in [0, 0.05) is 6.54 Å². The number of hydrogen-bond acceptors (Lipinski definition) is 3. The number of carbonyl (C=O) groups excluding carboxylic acids is 1. The van der Waals surface area contributed by atoms with Crippen molar-refractivity contribution in [1.29, 1.82) is 0 Å². The quantitative estimate of drug-likeness (QED) is 0.745. The second-order valence-corrected chi connectivity index (χ2v) is 5.48. The summed E-state index contributed by atoms with van der Waals surface area (Å²) < 4.78 is 13.1. The Morgan fingerprint density at radius 2 is 1.90 bits per heavy atom. The fourth-order valence-corrected chi connectivity index (χ4v) is 2.59. The molecule has 2 rings (SSSR count). The van der Waals surface area contributed by atoms with Crippen molar-refractivity contribution in [3.05, 3.63) is 29.6 Å². The maximum Gasteiger partial charge on any atom is 0.255 e. The monoisotopic (exact) mass is 281 g/mol. The molecule has 0 spiro atoms. The van der Waals surface area contributed by atoms with E-state index in [1.807, 2.05) is 0 Å². The zero-order valence-corrected chi connectivity index (χ0v) is 11.4. The molecule has 1 aliphatic carbocycles. The van der Waals surface area contributed by atoms with Crippen molar-refractivity contribution in [2.24, 2.45) is 0 Å². The summed E-state index contributed by atoms with van der Waals surface area (Å²) in [5.74, 6) is -1.42. The Balaban J connectivity index is 1.99. The van der Waals surface area contributed by atoms with E-state index in [0.29, 0.717) is 12.8 Å². The van der Waals surface area contributed by atoms with E-state index in [2.05, 4.69) is 5.32 Å². The number of carbonyl (C=O) groups is 1. The van der Waals surface area contributed by atoms with Gasteiger partial charge in [0.05, 0.1) is 11.2 Å². The molecule has 0 aliphatic heterocycles. The predicted octanol–water partition coefficient (Wildman–Crippen LogP) is 2.35. The van der Waals surface area contributed by atoms with Crippen LogP contribution in [0.5, 0.6) is 5.75 Å². The van der Waals surface area contributed by atoms with Crippen molar-refractivity contribution in [2.75, 3.05) is 6.54 Å². The molecule has 0 aromatic heterocycles. The number of aliphatic hydroxyl groups is 1. The fourth-order valence-electron chi connectivity index (χ4n) is 2.59. The van der Waals surface area contributed by atoms with Crippen LogP contribution in [0.2, 0.25) is 0 Å². The summed E-state index contributed by atoms with van der Waals surface area (Å²) in [6.07, 6.45) is 5.39. The van der Waals surface area contributed by atoms with Crippen LogP contribution in [0.15, 0.2) is 18.2 Å². The van der Waals surface area contributed by atoms with Gasteiger partial charge in [-0.25, -0.2) is 4.39 Å². The Hall–Kier alpha value is -1.62. The van der Waals surface area contributed by atoms with E-state index in [1.165, 1.54) is 0 Å². The first-order valence-electron chi connectivity index (χ1n) is 6.99. The number of halogens is 1. The van der Waals surface area contributed by atoms with Crippen LogP contribution in [0.3, 0.4) is 0 Å². The van der Waals surface area contributed by atoms with E-state index in [0.717, 1.165) is 43.9 Å². The lowest BCUT2D eigenvalue weighted by Crippen LogP contribution is -2.42. The molecule has 0 radical (unpaired) electrons. The van der Waals surface area contributed by atoms with E-state index in [1.54, 1.807) is 0 Å². The van der Waals surface area contributed by atoms with Gasteiger partial charge in [0.15, 0.2) is 0 Å². The average molecular weight is 281 g/mol. The molecule has 1 amide bonds. The number of phenolic OH excluding ortho intramolecular Hbond substituents is 1. The molecule has 1 fully saturated rings. The van der Waals surface area contributed by atoms with Gasteiger partial charge in [-0.1, -0.05) is 25.7 Å². The van der Waals surface area contributed by atoms with Crippen molar-refractivity contribution < 1.29 is 19.4 Å². The number of nitrogens with one attached hydrogen (secondary N) is 1. The molecule has 20 heavy (non-hydrogen) atoms. The summed E-state index contributed by atoms with van der Waals surface area (Å²) in [7, 11) is 0. The molecule has 4 nitrogen and oxygen atoms in total. The Kier molecular flexibility index (Phi) is 4.60. The minimum Gasteiger partial charge on any atom is -0.507 e. The Bertz CT molecular complexity index is 482. The Morgan fingerprint density at radius 1 is 1.25 bits per heavy atom. The SMILES string of the molecule is O=C(NCC1(O)CCCCCC1)c1cc(F)ccc1O. The molecule has 0 atom stereocenters. The van der Waals surface area contributed by atoms with Gasteiger partial charge in [0.1, 0.15) is 11.6 Å². The largest absolute Gasteiger partial charge is 0.507 e. The lowest BCUT2D eigenvalue weighted by Gasteiger charge is -2.26. The molecule has 0 bridgehead atoms. The summed E-state index contributed by atoms with van der Waals surface area (Å²) in [6.45, 7) is 0.127. The molecule has 5 heteroatoms. The highest BCUT2D eigenvalue weighted by atomic mass is 19.1. The van der Waals surface area contributed by atoms with Crippen molar-refractivity contribution >= 4 is 5.91 Å². The molecule has 1 saturated carbocycles. The molecule has 1 aromatic rings. The third-order valence-electron chi connectivity index (χ3n) is 3.82. The molecule has 1 aliphatic rings. The van der Waals surface area contributed by atoms with Crippen LogP contribution in [-0.4, -0.2) is 28.3 Å². The molecule has 1 aromatic carbocycles. The number of amides is 1. The highest BCUT2D eigenvalue weighted by Gasteiger charge is 2.28. The number of rotatable bonds is 3. The normalized spacial score (nSPS) is 18.3. The highest BCUT2D eigenvalue weighted by molar-refractivity contribution is 5.96.